The molecule has 0 aliphatic rings. The normalized spacial score (nSPS) is 11.8. The van der Waals surface area contributed by atoms with Crippen LogP contribution in [-0.2, 0) is 13.5 Å². The Morgan fingerprint density at radius 2 is 1.44 bits per heavy atom. The number of aromatic nitrogens is 10. The molecule has 11 heteroatoms. The molecule has 0 amide bonds. The lowest BCUT2D eigenvalue weighted by Gasteiger charge is -2.10. The molecular formula is C34H33N11. The lowest BCUT2D eigenvalue weighted by atomic mass is 10.1. The average Bonchev–Trinajstić information content (AvgIpc) is 3.85. The van der Waals surface area contributed by atoms with E-state index in [0.717, 1.165) is 73.8 Å². The van der Waals surface area contributed by atoms with Gasteiger partial charge in [0.1, 0.15) is 0 Å². The number of imidazole rings is 1. The monoisotopic (exact) mass is 595 g/mol. The lowest BCUT2D eigenvalue weighted by molar-refractivity contribution is 0.768. The van der Waals surface area contributed by atoms with Crippen molar-refractivity contribution in [1.29, 1.82) is 5.26 Å². The predicted molar refractivity (Wildman–Crippen MR) is 173 cm³/mol. The maximum atomic E-state index is 9.50. The Bertz CT molecular complexity index is 2250. The Morgan fingerprint density at radius 3 is 2.04 bits per heavy atom. The van der Waals surface area contributed by atoms with Crippen LogP contribution >= 0.6 is 0 Å². The van der Waals surface area contributed by atoms with E-state index in [1.165, 1.54) is 0 Å². The highest BCUT2D eigenvalue weighted by Gasteiger charge is 2.25. The minimum Gasteiger partial charge on any atom is -0.305 e. The quantitative estimate of drug-likeness (QED) is 0.208. The van der Waals surface area contributed by atoms with Crippen molar-refractivity contribution in [3.63, 3.8) is 0 Å². The fourth-order valence-electron chi connectivity index (χ4n) is 5.94. The first kappa shape index (κ1) is 28.2. The Kier molecular flexibility index (Phi) is 6.77. The van der Waals surface area contributed by atoms with Gasteiger partial charge in [0.05, 0.1) is 69.1 Å². The zero-order chi connectivity index (χ0) is 31.4. The Morgan fingerprint density at radius 1 is 0.800 bits per heavy atom. The summed E-state index contributed by atoms with van der Waals surface area (Å²) in [6, 6.07) is 12.0. The maximum Gasteiger partial charge on any atom is 0.165 e. The van der Waals surface area contributed by atoms with Crippen LogP contribution < -0.4 is 0 Å². The zero-order valence-electron chi connectivity index (χ0n) is 26.1. The molecule has 0 unspecified atom stereocenters. The predicted octanol–water partition coefficient (Wildman–Crippen LogP) is 6.42. The highest BCUT2D eigenvalue weighted by Crippen LogP contribution is 2.36. The van der Waals surface area contributed by atoms with Gasteiger partial charge in [0.15, 0.2) is 11.3 Å². The molecule has 7 aromatic rings. The molecule has 45 heavy (non-hydrogen) atoms. The van der Waals surface area contributed by atoms with Crippen molar-refractivity contribution in [2.75, 3.05) is 0 Å². The van der Waals surface area contributed by atoms with Gasteiger partial charge in [-0.3, -0.25) is 4.68 Å². The van der Waals surface area contributed by atoms with Crippen molar-refractivity contribution in [3.8, 4) is 34.4 Å². The van der Waals surface area contributed by atoms with Crippen LogP contribution in [-0.4, -0.2) is 48.9 Å². The number of hydrogen-bond donors (Lipinski definition) is 0. The van der Waals surface area contributed by atoms with Gasteiger partial charge in [-0.05, 0) is 54.2 Å². The third kappa shape index (κ3) is 4.57. The van der Waals surface area contributed by atoms with Crippen LogP contribution in [0.4, 0.5) is 0 Å². The van der Waals surface area contributed by atoms with Crippen molar-refractivity contribution < 1.29 is 0 Å². The number of fused-ring (bicyclic) bond motifs is 2. The molecule has 0 saturated heterocycles. The summed E-state index contributed by atoms with van der Waals surface area (Å²) in [4.78, 5) is 14.4. The Hall–Kier alpha value is -5.63. The molecule has 0 atom stereocenters. The van der Waals surface area contributed by atoms with Crippen LogP contribution in [0.3, 0.4) is 0 Å². The van der Waals surface area contributed by atoms with Gasteiger partial charge in [-0.25, -0.2) is 24.3 Å². The largest absolute Gasteiger partial charge is 0.305 e. The van der Waals surface area contributed by atoms with Crippen LogP contribution in [0.2, 0.25) is 0 Å². The van der Waals surface area contributed by atoms with Crippen molar-refractivity contribution >= 4 is 22.1 Å². The maximum absolute atomic E-state index is 9.50. The van der Waals surface area contributed by atoms with E-state index in [1.54, 1.807) is 10.9 Å². The molecule has 7 rings (SSSR count). The highest BCUT2D eigenvalue weighted by molar-refractivity contribution is 5.94. The van der Waals surface area contributed by atoms with Crippen LogP contribution in [0.5, 0.6) is 0 Å². The molecule has 6 aromatic heterocycles. The van der Waals surface area contributed by atoms with Crippen LogP contribution in [0.15, 0.2) is 67.6 Å². The summed E-state index contributed by atoms with van der Waals surface area (Å²) in [7, 11) is 1.90. The first-order valence-corrected chi connectivity index (χ1v) is 15.1. The summed E-state index contributed by atoms with van der Waals surface area (Å²) < 4.78 is 7.65. The van der Waals surface area contributed by atoms with E-state index in [1.807, 2.05) is 82.4 Å². The van der Waals surface area contributed by atoms with Gasteiger partial charge < -0.3 is 4.57 Å². The fraction of sp³-hybridized carbons (Fsp3) is 0.265. The summed E-state index contributed by atoms with van der Waals surface area (Å²) in [6.07, 6.45) is 12.0. The molecule has 224 valence electrons. The molecule has 0 radical (unpaired) electrons. The molecule has 0 aliphatic heterocycles. The Labute approximate surface area is 260 Å². The number of rotatable bonds is 7. The van der Waals surface area contributed by atoms with E-state index < -0.39 is 0 Å². The first-order valence-electron chi connectivity index (χ1n) is 15.1. The lowest BCUT2D eigenvalue weighted by Crippen LogP contribution is -2.04. The van der Waals surface area contributed by atoms with Gasteiger partial charge in [-0.1, -0.05) is 34.6 Å². The Balaban J connectivity index is 1.46. The van der Waals surface area contributed by atoms with Gasteiger partial charge >= 0.3 is 0 Å². The SMILES string of the molecule is CCc1cc(C#N)ccc1-n1nc(C(C)C)c2c(-n3nc(C(C)C)c4c(-n5cnc(-c6cnn(C)c6)c5)ccnc43)ccnc21. The number of nitrogens with zero attached hydrogens (tertiary/aromatic N) is 11. The molecule has 0 fully saturated rings. The third-order valence-corrected chi connectivity index (χ3v) is 8.15. The smallest absolute Gasteiger partial charge is 0.165 e. The molecule has 6 heterocycles. The number of pyridine rings is 2. The van der Waals surface area contributed by atoms with Gasteiger partial charge in [0, 0.05) is 37.4 Å². The molecule has 0 spiro atoms. The molecule has 0 bridgehead atoms. The van der Waals surface area contributed by atoms with E-state index in [4.69, 9.17) is 20.2 Å². The molecule has 0 aliphatic carbocycles. The summed E-state index contributed by atoms with van der Waals surface area (Å²) in [5, 5.41) is 26.0. The molecule has 11 nitrogen and oxygen atoms in total. The van der Waals surface area contributed by atoms with Gasteiger partial charge in [0.25, 0.3) is 0 Å². The minimum atomic E-state index is 0.118. The minimum absolute atomic E-state index is 0.118. The van der Waals surface area contributed by atoms with E-state index in [0.29, 0.717) is 5.56 Å². The van der Waals surface area contributed by atoms with Crippen molar-refractivity contribution in [3.05, 3.63) is 90.2 Å². The number of hydrogen-bond acceptors (Lipinski definition) is 7. The molecule has 0 saturated carbocycles. The number of nitriles is 1. The molecule has 0 N–H and O–H groups in total. The summed E-state index contributed by atoms with van der Waals surface area (Å²) in [5.41, 5.74) is 9.51. The second kappa shape index (κ2) is 10.8. The fourth-order valence-corrected chi connectivity index (χ4v) is 5.94. The van der Waals surface area contributed by atoms with Crippen LogP contribution in [0.25, 0.3) is 50.4 Å². The third-order valence-electron chi connectivity index (χ3n) is 8.15. The molecular weight excluding hydrogens is 562 g/mol. The first-order chi connectivity index (χ1) is 21.8. The second-order valence-electron chi connectivity index (χ2n) is 11.8. The van der Waals surface area contributed by atoms with E-state index in [2.05, 4.69) is 50.8 Å². The standard InChI is InChI=1S/C34H33N11/c1-7-23-14-22(15-35)8-9-26(23)44-34-30(32(40-44)21(4)5)28(11-13-37-34)45-33-29(31(41-45)20(2)3)27(10-12-36-33)43-18-25(38-19-43)24-16-39-42(6)17-24/h8-14,16-21H,7H2,1-6H3. The number of benzene rings is 1. The highest BCUT2D eigenvalue weighted by atomic mass is 15.3. The van der Waals surface area contributed by atoms with Gasteiger partial charge in [-0.2, -0.15) is 20.6 Å². The summed E-state index contributed by atoms with van der Waals surface area (Å²) in [6.45, 7) is 10.7. The van der Waals surface area contributed by atoms with E-state index in [9.17, 15) is 5.26 Å². The van der Waals surface area contributed by atoms with Crippen LogP contribution in [0, 0.1) is 11.3 Å². The topological polar surface area (TPSA) is 121 Å². The van der Waals surface area contributed by atoms with Gasteiger partial charge in [0.2, 0.25) is 0 Å². The number of aryl methyl sites for hydroxylation is 2. The summed E-state index contributed by atoms with van der Waals surface area (Å²) >= 11 is 0. The molecule has 1 aromatic carbocycles. The van der Waals surface area contributed by atoms with Crippen molar-refractivity contribution in [2.24, 2.45) is 7.05 Å². The van der Waals surface area contributed by atoms with E-state index >= 15 is 0 Å². The van der Waals surface area contributed by atoms with Gasteiger partial charge in [-0.15, -0.1) is 0 Å². The van der Waals surface area contributed by atoms with Crippen molar-refractivity contribution in [1.82, 2.24) is 48.9 Å². The van der Waals surface area contributed by atoms with E-state index in [-0.39, 0.29) is 11.8 Å². The zero-order valence-corrected chi connectivity index (χ0v) is 26.1. The second-order valence-corrected chi connectivity index (χ2v) is 11.8. The van der Waals surface area contributed by atoms with Crippen LogP contribution in [0.1, 0.15) is 69.0 Å². The summed E-state index contributed by atoms with van der Waals surface area (Å²) in [5.74, 6) is 0.250. The van der Waals surface area contributed by atoms with Crippen molar-refractivity contribution in [2.45, 2.75) is 52.9 Å². The average molecular weight is 596 g/mol.